The highest BCUT2D eigenvalue weighted by Crippen LogP contribution is 2.18. The van der Waals surface area contributed by atoms with Gasteiger partial charge in [-0.3, -0.25) is 19.3 Å². The first-order chi connectivity index (χ1) is 15.6. The number of para-hydroxylation sites is 2. The van der Waals surface area contributed by atoms with Crippen LogP contribution in [-0.2, 0) is 14.3 Å². The lowest BCUT2D eigenvalue weighted by Gasteiger charge is -2.35. The van der Waals surface area contributed by atoms with Crippen molar-refractivity contribution in [3.05, 3.63) is 60.2 Å². The number of nitrogens with one attached hydrogen (secondary N) is 2. The lowest BCUT2D eigenvalue weighted by molar-refractivity contribution is -0.142. The molecule has 0 saturated carbocycles. The fourth-order valence-electron chi connectivity index (χ4n) is 4.01. The van der Waals surface area contributed by atoms with Gasteiger partial charge in [-0.15, -0.1) is 0 Å². The zero-order valence-electron chi connectivity index (χ0n) is 18.0. The number of rotatable bonds is 6. The lowest BCUT2D eigenvalue weighted by Crippen LogP contribution is -2.52. The average Bonchev–Trinajstić information content (AvgIpc) is 3.35. The summed E-state index contributed by atoms with van der Waals surface area (Å²) in [6, 6.07) is 16.1. The number of carbonyl (C=O) groups is 3. The summed E-state index contributed by atoms with van der Waals surface area (Å²) in [6.07, 6.45) is 1.42. The van der Waals surface area contributed by atoms with Crippen molar-refractivity contribution in [2.24, 2.45) is 0 Å². The minimum Gasteiger partial charge on any atom is -0.368 e. The molecule has 8 nitrogen and oxygen atoms in total. The maximum Gasteiger partial charge on any atom is 0.257 e. The van der Waals surface area contributed by atoms with E-state index in [2.05, 4.69) is 10.6 Å². The van der Waals surface area contributed by atoms with E-state index in [1.54, 1.807) is 24.3 Å². The van der Waals surface area contributed by atoms with Crippen LogP contribution in [-0.4, -0.2) is 73.0 Å². The SMILES string of the molecule is O=C(CN1CCN(C(=O)[C@H]2CCCO2)CC1)Nc1ccccc1C(=O)Nc1ccccc1. The highest BCUT2D eigenvalue weighted by molar-refractivity contribution is 6.10. The number of piperazine rings is 1. The number of hydrogen-bond donors (Lipinski definition) is 2. The van der Waals surface area contributed by atoms with Crippen LogP contribution in [0, 0.1) is 0 Å². The molecule has 0 bridgehead atoms. The molecule has 2 saturated heterocycles. The van der Waals surface area contributed by atoms with E-state index >= 15 is 0 Å². The molecular formula is C24H28N4O4. The van der Waals surface area contributed by atoms with Crippen LogP contribution in [0.3, 0.4) is 0 Å². The highest BCUT2D eigenvalue weighted by atomic mass is 16.5. The van der Waals surface area contributed by atoms with Gasteiger partial charge in [0.2, 0.25) is 5.91 Å². The number of hydrogen-bond acceptors (Lipinski definition) is 5. The molecule has 2 aliphatic rings. The molecule has 0 unspecified atom stereocenters. The first-order valence-corrected chi connectivity index (χ1v) is 11.0. The van der Waals surface area contributed by atoms with Crippen LogP contribution >= 0.6 is 0 Å². The van der Waals surface area contributed by atoms with Gasteiger partial charge >= 0.3 is 0 Å². The van der Waals surface area contributed by atoms with Gasteiger partial charge in [0.25, 0.3) is 11.8 Å². The molecule has 2 aromatic rings. The highest BCUT2D eigenvalue weighted by Gasteiger charge is 2.30. The minimum absolute atomic E-state index is 0.0601. The Morgan fingerprint density at radius 1 is 0.906 bits per heavy atom. The van der Waals surface area contributed by atoms with E-state index in [0.29, 0.717) is 49.7 Å². The van der Waals surface area contributed by atoms with Gasteiger partial charge in [0.05, 0.1) is 17.8 Å². The van der Waals surface area contributed by atoms with Gasteiger partial charge < -0.3 is 20.3 Å². The van der Waals surface area contributed by atoms with Gasteiger partial charge in [0.1, 0.15) is 6.10 Å². The fourth-order valence-corrected chi connectivity index (χ4v) is 4.01. The molecule has 32 heavy (non-hydrogen) atoms. The predicted octanol–water partition coefficient (Wildman–Crippen LogP) is 2.20. The van der Waals surface area contributed by atoms with Crippen molar-refractivity contribution in [3.8, 4) is 0 Å². The Bertz CT molecular complexity index is 951. The Labute approximate surface area is 187 Å². The Hall–Kier alpha value is -3.23. The second-order valence-electron chi connectivity index (χ2n) is 8.02. The van der Waals surface area contributed by atoms with Crippen molar-refractivity contribution in [1.29, 1.82) is 0 Å². The third-order valence-corrected chi connectivity index (χ3v) is 5.73. The summed E-state index contributed by atoms with van der Waals surface area (Å²) in [7, 11) is 0. The Kier molecular flexibility index (Phi) is 7.14. The van der Waals surface area contributed by atoms with Crippen molar-refractivity contribution in [1.82, 2.24) is 9.80 Å². The van der Waals surface area contributed by atoms with Crippen molar-refractivity contribution < 1.29 is 19.1 Å². The van der Waals surface area contributed by atoms with E-state index in [4.69, 9.17) is 4.74 Å². The topological polar surface area (TPSA) is 91.0 Å². The van der Waals surface area contributed by atoms with E-state index in [1.165, 1.54) is 0 Å². The number of ether oxygens (including phenoxy) is 1. The van der Waals surface area contributed by atoms with Crippen LogP contribution in [0.2, 0.25) is 0 Å². The predicted molar refractivity (Wildman–Crippen MR) is 121 cm³/mol. The first-order valence-electron chi connectivity index (χ1n) is 11.0. The molecule has 0 spiro atoms. The molecule has 2 aliphatic heterocycles. The maximum absolute atomic E-state index is 12.7. The van der Waals surface area contributed by atoms with Crippen LogP contribution in [0.25, 0.3) is 0 Å². The molecule has 2 heterocycles. The lowest BCUT2D eigenvalue weighted by atomic mass is 10.1. The molecule has 2 aromatic carbocycles. The number of carbonyl (C=O) groups excluding carboxylic acids is 3. The van der Waals surface area contributed by atoms with E-state index in [1.807, 2.05) is 40.1 Å². The van der Waals surface area contributed by atoms with E-state index in [0.717, 1.165) is 12.8 Å². The molecule has 1 atom stereocenters. The second-order valence-corrected chi connectivity index (χ2v) is 8.02. The van der Waals surface area contributed by atoms with Crippen LogP contribution < -0.4 is 10.6 Å². The molecule has 2 N–H and O–H groups in total. The summed E-state index contributed by atoms with van der Waals surface area (Å²) in [5, 5.41) is 5.70. The van der Waals surface area contributed by atoms with Crippen molar-refractivity contribution in [2.75, 3.05) is 50.0 Å². The quantitative estimate of drug-likeness (QED) is 0.725. The van der Waals surface area contributed by atoms with E-state index in [9.17, 15) is 14.4 Å². The monoisotopic (exact) mass is 436 g/mol. The van der Waals surface area contributed by atoms with E-state index < -0.39 is 0 Å². The smallest absolute Gasteiger partial charge is 0.257 e. The van der Waals surface area contributed by atoms with Gasteiger partial charge in [-0.1, -0.05) is 30.3 Å². The van der Waals surface area contributed by atoms with Gasteiger partial charge in [-0.2, -0.15) is 0 Å². The number of benzene rings is 2. The normalized spacial score (nSPS) is 18.9. The summed E-state index contributed by atoms with van der Waals surface area (Å²) < 4.78 is 5.49. The first kappa shape index (κ1) is 22.0. The molecule has 0 radical (unpaired) electrons. The number of nitrogens with zero attached hydrogens (tertiary/aromatic N) is 2. The van der Waals surface area contributed by atoms with Gasteiger partial charge in [0.15, 0.2) is 0 Å². The minimum atomic E-state index is -0.302. The molecule has 4 rings (SSSR count). The Morgan fingerprint density at radius 3 is 2.34 bits per heavy atom. The summed E-state index contributed by atoms with van der Waals surface area (Å²) in [5.41, 5.74) is 1.56. The standard InChI is InChI=1S/C24H28N4O4/c29-22(17-27-12-14-28(15-13-27)24(31)21-11-6-16-32-21)26-20-10-5-4-9-19(20)23(30)25-18-7-2-1-3-8-18/h1-5,7-10,21H,6,11-17H2,(H,25,30)(H,26,29)/t21-/m1/s1. The van der Waals surface area contributed by atoms with Gasteiger partial charge in [-0.05, 0) is 37.1 Å². The molecule has 168 valence electrons. The summed E-state index contributed by atoms with van der Waals surface area (Å²) in [4.78, 5) is 41.7. The third-order valence-electron chi connectivity index (χ3n) is 5.73. The zero-order chi connectivity index (χ0) is 22.3. The van der Waals surface area contributed by atoms with Gasteiger partial charge in [-0.25, -0.2) is 0 Å². The van der Waals surface area contributed by atoms with Crippen molar-refractivity contribution in [2.45, 2.75) is 18.9 Å². The van der Waals surface area contributed by atoms with E-state index in [-0.39, 0.29) is 30.4 Å². The zero-order valence-corrected chi connectivity index (χ0v) is 18.0. The largest absolute Gasteiger partial charge is 0.368 e. The van der Waals surface area contributed by atoms with Crippen LogP contribution in [0.1, 0.15) is 23.2 Å². The third kappa shape index (κ3) is 5.52. The molecule has 3 amide bonds. The number of amides is 3. The molecular weight excluding hydrogens is 408 g/mol. The molecule has 2 fully saturated rings. The van der Waals surface area contributed by atoms with Crippen LogP contribution in [0.5, 0.6) is 0 Å². The number of anilines is 2. The van der Waals surface area contributed by atoms with Crippen LogP contribution in [0.15, 0.2) is 54.6 Å². The van der Waals surface area contributed by atoms with Gasteiger partial charge in [0, 0.05) is 38.5 Å². The maximum atomic E-state index is 12.7. The Balaban J connectivity index is 1.29. The summed E-state index contributed by atoms with van der Waals surface area (Å²) in [5.74, 6) is -0.415. The Morgan fingerprint density at radius 2 is 1.62 bits per heavy atom. The summed E-state index contributed by atoms with van der Waals surface area (Å²) >= 11 is 0. The summed E-state index contributed by atoms with van der Waals surface area (Å²) in [6.45, 7) is 3.28. The molecule has 0 aliphatic carbocycles. The average molecular weight is 437 g/mol. The van der Waals surface area contributed by atoms with Crippen molar-refractivity contribution in [3.63, 3.8) is 0 Å². The molecule has 8 heteroatoms. The van der Waals surface area contributed by atoms with Crippen molar-refractivity contribution >= 4 is 29.1 Å². The second kappa shape index (κ2) is 10.4. The van der Waals surface area contributed by atoms with Crippen LogP contribution in [0.4, 0.5) is 11.4 Å². The fraction of sp³-hybridized carbons (Fsp3) is 0.375. The molecule has 0 aromatic heterocycles.